The van der Waals surface area contributed by atoms with Gasteiger partial charge in [-0.05, 0) is 60.2 Å². The summed E-state index contributed by atoms with van der Waals surface area (Å²) in [5, 5.41) is 0. The molecule has 6 saturated carbocycles. The molecule has 72 valence electrons. The third-order valence-electron chi connectivity index (χ3n) is 6.38. The van der Waals surface area contributed by atoms with Crippen molar-refractivity contribution in [2.75, 3.05) is 0 Å². The standard InChI is InChI=1S/C11H15N.ClH/c12-11-9-5-1-3-4-2-6(7(3)9)10(11)8(4)5;/h3-11H,1-2,12H2;1H. The van der Waals surface area contributed by atoms with E-state index in [-0.39, 0.29) is 12.4 Å². The maximum atomic E-state index is 6.34. The number of hydrogen-bond acceptors (Lipinski definition) is 1. The molecular formula is C11H16ClN. The molecule has 2 N–H and O–H groups in total. The highest BCUT2D eigenvalue weighted by molar-refractivity contribution is 5.85. The third-order valence-corrected chi connectivity index (χ3v) is 6.38. The zero-order chi connectivity index (χ0) is 7.61. The van der Waals surface area contributed by atoms with Crippen molar-refractivity contribution < 1.29 is 0 Å². The number of nitrogens with two attached hydrogens (primary N) is 1. The molecule has 0 aromatic carbocycles. The Hall–Kier alpha value is 0.250. The van der Waals surface area contributed by atoms with Crippen LogP contribution in [0.15, 0.2) is 0 Å². The fourth-order valence-corrected chi connectivity index (χ4v) is 6.69. The van der Waals surface area contributed by atoms with Crippen LogP contribution in [0.25, 0.3) is 0 Å². The summed E-state index contributed by atoms with van der Waals surface area (Å²) in [5.74, 6) is 8.84. The summed E-state index contributed by atoms with van der Waals surface area (Å²) >= 11 is 0. The minimum Gasteiger partial charge on any atom is -0.327 e. The van der Waals surface area contributed by atoms with Crippen molar-refractivity contribution in [3.05, 3.63) is 0 Å². The van der Waals surface area contributed by atoms with Crippen molar-refractivity contribution in [3.8, 4) is 0 Å². The van der Waals surface area contributed by atoms with E-state index in [2.05, 4.69) is 0 Å². The molecule has 6 rings (SSSR count). The summed E-state index contributed by atoms with van der Waals surface area (Å²) in [6, 6.07) is 0.646. The summed E-state index contributed by atoms with van der Waals surface area (Å²) in [6.07, 6.45) is 3.18. The van der Waals surface area contributed by atoms with Crippen molar-refractivity contribution in [2.45, 2.75) is 18.9 Å². The lowest BCUT2D eigenvalue weighted by atomic mass is 9.71. The van der Waals surface area contributed by atoms with E-state index >= 15 is 0 Å². The van der Waals surface area contributed by atoms with E-state index in [1.807, 2.05) is 0 Å². The first-order chi connectivity index (χ1) is 5.88. The largest absolute Gasteiger partial charge is 0.327 e. The third kappa shape index (κ3) is 0.471. The SMILES string of the molecule is Cl.NC1C2C3CC4C5CC(C1C53)C42. The van der Waals surface area contributed by atoms with Gasteiger partial charge in [0.1, 0.15) is 0 Å². The second kappa shape index (κ2) is 1.81. The fraction of sp³-hybridized carbons (Fsp3) is 1.00. The van der Waals surface area contributed by atoms with Crippen molar-refractivity contribution >= 4 is 12.4 Å². The Kier molecular flexibility index (Phi) is 1.05. The second-order valence-corrected chi connectivity index (χ2v) is 6.01. The molecule has 6 bridgehead atoms. The van der Waals surface area contributed by atoms with Crippen molar-refractivity contribution in [1.29, 1.82) is 0 Å². The van der Waals surface area contributed by atoms with E-state index in [1.54, 1.807) is 12.8 Å². The van der Waals surface area contributed by atoms with E-state index in [0.717, 1.165) is 35.5 Å². The molecule has 0 amide bonds. The zero-order valence-corrected chi connectivity index (χ0v) is 8.41. The van der Waals surface area contributed by atoms with Gasteiger partial charge in [0, 0.05) is 6.04 Å². The van der Waals surface area contributed by atoms with Gasteiger partial charge in [0.05, 0.1) is 0 Å². The Morgan fingerprint density at radius 1 is 0.692 bits per heavy atom. The Labute approximate surface area is 84.9 Å². The molecule has 8 unspecified atom stereocenters. The molecule has 8 atom stereocenters. The summed E-state index contributed by atoms with van der Waals surface area (Å²) in [4.78, 5) is 0. The van der Waals surface area contributed by atoms with Crippen LogP contribution < -0.4 is 5.73 Å². The first-order valence-electron chi connectivity index (χ1n) is 5.63. The molecule has 13 heavy (non-hydrogen) atoms. The number of hydrogen-bond donors (Lipinski definition) is 1. The molecular weight excluding hydrogens is 182 g/mol. The summed E-state index contributed by atoms with van der Waals surface area (Å²) < 4.78 is 0. The van der Waals surface area contributed by atoms with Gasteiger partial charge in [0.25, 0.3) is 0 Å². The second-order valence-electron chi connectivity index (χ2n) is 6.01. The minimum absolute atomic E-state index is 0. The molecule has 0 spiro atoms. The maximum absolute atomic E-state index is 6.34. The summed E-state index contributed by atoms with van der Waals surface area (Å²) in [5.41, 5.74) is 6.34. The molecule has 0 radical (unpaired) electrons. The smallest absolute Gasteiger partial charge is 0.0107 e. The first-order valence-corrected chi connectivity index (χ1v) is 5.63. The zero-order valence-electron chi connectivity index (χ0n) is 7.60. The van der Waals surface area contributed by atoms with Crippen molar-refractivity contribution in [2.24, 2.45) is 53.1 Å². The van der Waals surface area contributed by atoms with Crippen molar-refractivity contribution in [1.82, 2.24) is 0 Å². The van der Waals surface area contributed by atoms with Gasteiger partial charge in [0.15, 0.2) is 0 Å². The van der Waals surface area contributed by atoms with Crippen LogP contribution >= 0.6 is 12.4 Å². The Bertz CT molecular complexity index is 256. The van der Waals surface area contributed by atoms with Crippen LogP contribution in [-0.4, -0.2) is 6.04 Å². The lowest BCUT2D eigenvalue weighted by Gasteiger charge is -2.33. The van der Waals surface area contributed by atoms with Crippen LogP contribution in [0, 0.1) is 47.3 Å². The molecule has 0 aliphatic heterocycles. The van der Waals surface area contributed by atoms with E-state index in [1.165, 1.54) is 11.8 Å². The van der Waals surface area contributed by atoms with Gasteiger partial charge >= 0.3 is 0 Å². The van der Waals surface area contributed by atoms with Gasteiger partial charge in [-0.3, -0.25) is 0 Å². The van der Waals surface area contributed by atoms with Gasteiger partial charge < -0.3 is 5.73 Å². The average Bonchev–Trinajstić information content (AvgIpc) is 2.68. The van der Waals surface area contributed by atoms with Crippen LogP contribution in [0.1, 0.15) is 12.8 Å². The number of rotatable bonds is 0. The Morgan fingerprint density at radius 2 is 1.15 bits per heavy atom. The van der Waals surface area contributed by atoms with E-state index in [0.29, 0.717) is 6.04 Å². The van der Waals surface area contributed by atoms with E-state index in [9.17, 15) is 0 Å². The molecule has 0 aromatic rings. The van der Waals surface area contributed by atoms with Gasteiger partial charge in [-0.25, -0.2) is 0 Å². The molecule has 6 fully saturated rings. The first kappa shape index (κ1) is 7.53. The quantitative estimate of drug-likeness (QED) is 0.626. The topological polar surface area (TPSA) is 26.0 Å². The van der Waals surface area contributed by atoms with Gasteiger partial charge in [-0.1, -0.05) is 0 Å². The fourth-order valence-electron chi connectivity index (χ4n) is 6.69. The van der Waals surface area contributed by atoms with E-state index in [4.69, 9.17) is 5.73 Å². The van der Waals surface area contributed by atoms with Crippen LogP contribution in [0.4, 0.5) is 0 Å². The van der Waals surface area contributed by atoms with Crippen LogP contribution in [0.5, 0.6) is 0 Å². The van der Waals surface area contributed by atoms with E-state index < -0.39 is 0 Å². The van der Waals surface area contributed by atoms with Gasteiger partial charge in [-0.2, -0.15) is 0 Å². The Morgan fingerprint density at radius 3 is 1.62 bits per heavy atom. The minimum atomic E-state index is 0. The highest BCUT2D eigenvalue weighted by atomic mass is 35.5. The maximum Gasteiger partial charge on any atom is 0.0107 e. The highest BCUT2D eigenvalue weighted by Gasteiger charge is 2.79. The molecule has 6 aliphatic rings. The lowest BCUT2D eigenvalue weighted by molar-refractivity contribution is 0.132. The summed E-state index contributed by atoms with van der Waals surface area (Å²) in [6.45, 7) is 0. The molecule has 0 heterocycles. The van der Waals surface area contributed by atoms with Crippen molar-refractivity contribution in [3.63, 3.8) is 0 Å². The molecule has 6 aliphatic carbocycles. The molecule has 0 aromatic heterocycles. The average molecular weight is 198 g/mol. The van der Waals surface area contributed by atoms with Gasteiger partial charge in [-0.15, -0.1) is 12.4 Å². The van der Waals surface area contributed by atoms with Crippen LogP contribution in [0.2, 0.25) is 0 Å². The molecule has 2 heteroatoms. The lowest BCUT2D eigenvalue weighted by Crippen LogP contribution is -2.30. The summed E-state index contributed by atoms with van der Waals surface area (Å²) in [7, 11) is 0. The number of halogens is 1. The predicted octanol–water partition coefficient (Wildman–Crippen LogP) is 1.51. The molecule has 0 saturated heterocycles. The Balaban J connectivity index is 0.000000512. The monoisotopic (exact) mass is 197 g/mol. The van der Waals surface area contributed by atoms with Crippen LogP contribution in [-0.2, 0) is 0 Å². The normalized spacial score (nSPS) is 78.7. The van der Waals surface area contributed by atoms with Crippen LogP contribution in [0.3, 0.4) is 0 Å². The predicted molar refractivity (Wildman–Crippen MR) is 52.4 cm³/mol. The highest BCUT2D eigenvalue weighted by Crippen LogP contribution is 2.82. The van der Waals surface area contributed by atoms with Gasteiger partial charge in [0.2, 0.25) is 0 Å². The molecule has 1 nitrogen and oxygen atoms in total.